The Morgan fingerprint density at radius 2 is 1.74 bits per heavy atom. The van der Waals surface area contributed by atoms with Crippen LogP contribution in [-0.4, -0.2) is 52.1 Å². The van der Waals surface area contributed by atoms with E-state index >= 15 is 0 Å². The first-order valence-corrected chi connectivity index (χ1v) is 11.2. The monoisotopic (exact) mass is 467 g/mol. The third-order valence-corrected chi connectivity index (χ3v) is 6.30. The number of aryl methyl sites for hydroxylation is 1. The van der Waals surface area contributed by atoms with Gasteiger partial charge >= 0.3 is 0 Å². The highest BCUT2D eigenvalue weighted by molar-refractivity contribution is 6.04. The average Bonchev–Trinajstić information content (AvgIpc) is 3.24. The van der Waals surface area contributed by atoms with E-state index in [2.05, 4.69) is 5.32 Å². The minimum Gasteiger partial charge on any atom is -0.493 e. The molecule has 180 valence electrons. The smallest absolute Gasteiger partial charge is 0.229 e. The van der Waals surface area contributed by atoms with E-state index < -0.39 is 5.92 Å². The van der Waals surface area contributed by atoms with E-state index in [1.165, 1.54) is 21.3 Å². The lowest BCUT2D eigenvalue weighted by molar-refractivity contribution is -0.122. The maximum Gasteiger partial charge on any atom is 0.229 e. The van der Waals surface area contributed by atoms with E-state index in [4.69, 9.17) is 14.2 Å². The zero-order valence-electron chi connectivity index (χ0n) is 19.8. The van der Waals surface area contributed by atoms with E-state index in [0.717, 1.165) is 24.1 Å². The Hall–Kier alpha value is -3.75. The summed E-state index contributed by atoms with van der Waals surface area (Å²) in [6, 6.07) is 8.98. The predicted molar refractivity (Wildman–Crippen MR) is 128 cm³/mol. The molecule has 2 aromatic carbocycles. The molecule has 3 amide bonds. The molecule has 0 radical (unpaired) electrons. The quantitative estimate of drug-likeness (QED) is 0.702. The molecule has 4 rings (SSSR count). The Balaban J connectivity index is 1.50. The van der Waals surface area contributed by atoms with Gasteiger partial charge in [0.15, 0.2) is 11.5 Å². The Morgan fingerprint density at radius 3 is 2.35 bits per heavy atom. The summed E-state index contributed by atoms with van der Waals surface area (Å²) in [6.07, 6.45) is 1.83. The number of hydrogen-bond donors (Lipinski definition) is 1. The van der Waals surface area contributed by atoms with E-state index in [9.17, 15) is 14.4 Å². The van der Waals surface area contributed by atoms with Crippen LogP contribution in [0.2, 0.25) is 0 Å². The maximum absolute atomic E-state index is 13.0. The molecule has 34 heavy (non-hydrogen) atoms. The lowest BCUT2D eigenvalue weighted by Crippen LogP contribution is -2.33. The van der Waals surface area contributed by atoms with Gasteiger partial charge in [-0.05, 0) is 36.6 Å². The number of amides is 3. The number of ether oxygens (including phenoxy) is 3. The Bertz CT molecular complexity index is 1110. The highest BCUT2D eigenvalue weighted by atomic mass is 16.5. The molecule has 0 saturated carbocycles. The van der Waals surface area contributed by atoms with Crippen molar-refractivity contribution in [3.05, 3.63) is 35.9 Å². The fraction of sp³-hybridized carbons (Fsp3) is 0.400. The first kappa shape index (κ1) is 23.4. The number of fused-ring (bicyclic) bond motifs is 1. The molecule has 1 unspecified atom stereocenters. The standard InChI is InChI=1S/C25H29N3O6/c1-15(29)27-9-5-6-16-10-18(7-8-20(16)27)26-25(31)17-11-23(30)28(14-17)19-12-21(32-2)24(34-4)22(13-19)33-3/h7-8,10,12-13,17H,5-6,9,11,14H2,1-4H3,(H,26,31). The molecule has 9 nitrogen and oxygen atoms in total. The minimum absolute atomic E-state index is 0.00841. The lowest BCUT2D eigenvalue weighted by atomic mass is 10.0. The summed E-state index contributed by atoms with van der Waals surface area (Å²) in [7, 11) is 4.54. The zero-order valence-corrected chi connectivity index (χ0v) is 19.8. The van der Waals surface area contributed by atoms with Gasteiger partial charge < -0.3 is 29.3 Å². The second-order valence-electron chi connectivity index (χ2n) is 8.40. The number of nitrogens with zero attached hydrogens (tertiary/aromatic N) is 2. The van der Waals surface area contributed by atoms with E-state index in [1.54, 1.807) is 34.9 Å². The number of carbonyl (C=O) groups excluding carboxylic acids is 3. The van der Waals surface area contributed by atoms with E-state index in [0.29, 0.717) is 35.2 Å². The summed E-state index contributed by atoms with van der Waals surface area (Å²) in [5.74, 6) is 0.438. The van der Waals surface area contributed by atoms with Gasteiger partial charge in [-0.25, -0.2) is 0 Å². The highest BCUT2D eigenvalue weighted by Crippen LogP contribution is 2.42. The van der Waals surface area contributed by atoms with Crippen molar-refractivity contribution in [1.82, 2.24) is 0 Å². The van der Waals surface area contributed by atoms with Crippen molar-refractivity contribution in [3.63, 3.8) is 0 Å². The fourth-order valence-electron chi connectivity index (χ4n) is 4.60. The zero-order chi connectivity index (χ0) is 24.4. The Labute approximate surface area is 198 Å². The molecular weight excluding hydrogens is 438 g/mol. The lowest BCUT2D eigenvalue weighted by Gasteiger charge is -2.29. The summed E-state index contributed by atoms with van der Waals surface area (Å²) in [6.45, 7) is 2.50. The van der Waals surface area contributed by atoms with Crippen LogP contribution in [0.1, 0.15) is 25.3 Å². The van der Waals surface area contributed by atoms with Crippen molar-refractivity contribution in [2.45, 2.75) is 26.2 Å². The molecule has 0 aromatic heterocycles. The van der Waals surface area contributed by atoms with Gasteiger partial charge in [-0.15, -0.1) is 0 Å². The second-order valence-corrected chi connectivity index (χ2v) is 8.40. The number of methoxy groups -OCH3 is 3. The van der Waals surface area contributed by atoms with Crippen molar-refractivity contribution in [2.75, 3.05) is 49.5 Å². The fourth-order valence-corrected chi connectivity index (χ4v) is 4.60. The molecule has 9 heteroatoms. The Kier molecular flexibility index (Phi) is 6.63. The largest absolute Gasteiger partial charge is 0.493 e. The van der Waals surface area contributed by atoms with E-state index in [-0.39, 0.29) is 30.7 Å². The predicted octanol–water partition coefficient (Wildman–Crippen LogP) is 3.00. The highest BCUT2D eigenvalue weighted by Gasteiger charge is 2.36. The average molecular weight is 468 g/mol. The van der Waals surface area contributed by atoms with Crippen LogP contribution in [0.25, 0.3) is 0 Å². The third kappa shape index (κ3) is 4.37. The number of carbonyl (C=O) groups is 3. The van der Waals surface area contributed by atoms with E-state index in [1.807, 2.05) is 12.1 Å². The molecule has 1 fully saturated rings. The summed E-state index contributed by atoms with van der Waals surface area (Å²) in [5, 5.41) is 2.94. The second kappa shape index (κ2) is 9.62. The summed E-state index contributed by atoms with van der Waals surface area (Å²) < 4.78 is 16.1. The normalized spacial score (nSPS) is 17.3. The molecule has 0 spiro atoms. The van der Waals surface area contributed by atoms with Crippen LogP contribution in [0.5, 0.6) is 17.2 Å². The van der Waals surface area contributed by atoms with Crippen molar-refractivity contribution in [3.8, 4) is 17.2 Å². The first-order valence-electron chi connectivity index (χ1n) is 11.2. The van der Waals surface area contributed by atoms with Crippen LogP contribution >= 0.6 is 0 Å². The van der Waals surface area contributed by atoms with Crippen LogP contribution in [-0.2, 0) is 20.8 Å². The number of benzene rings is 2. The van der Waals surface area contributed by atoms with Gasteiger partial charge in [0.25, 0.3) is 0 Å². The number of anilines is 3. The summed E-state index contributed by atoms with van der Waals surface area (Å²) in [4.78, 5) is 41.0. The van der Waals surface area contributed by atoms with Crippen molar-refractivity contribution >= 4 is 34.8 Å². The van der Waals surface area contributed by atoms with Gasteiger partial charge in [-0.2, -0.15) is 0 Å². The van der Waals surface area contributed by atoms with Gasteiger partial charge in [0, 0.05) is 49.9 Å². The molecule has 2 aromatic rings. The summed E-state index contributed by atoms with van der Waals surface area (Å²) in [5.41, 5.74) is 3.16. The minimum atomic E-state index is -0.503. The number of rotatable bonds is 6. The van der Waals surface area contributed by atoms with Gasteiger partial charge in [0.05, 0.1) is 32.9 Å². The van der Waals surface area contributed by atoms with Crippen molar-refractivity contribution in [2.24, 2.45) is 5.92 Å². The Morgan fingerprint density at radius 1 is 1.03 bits per heavy atom. The molecule has 0 aliphatic carbocycles. The molecule has 1 atom stereocenters. The topological polar surface area (TPSA) is 97.4 Å². The van der Waals surface area contributed by atoms with Crippen LogP contribution in [0.4, 0.5) is 17.1 Å². The molecular formula is C25H29N3O6. The molecule has 1 saturated heterocycles. The molecule has 2 heterocycles. The molecule has 2 aliphatic rings. The van der Waals surface area contributed by atoms with Crippen LogP contribution in [0, 0.1) is 5.92 Å². The molecule has 1 N–H and O–H groups in total. The van der Waals surface area contributed by atoms with Crippen LogP contribution in [0.3, 0.4) is 0 Å². The van der Waals surface area contributed by atoms with Gasteiger partial charge in [0.1, 0.15) is 0 Å². The summed E-state index contributed by atoms with van der Waals surface area (Å²) >= 11 is 0. The van der Waals surface area contributed by atoms with Crippen molar-refractivity contribution in [1.29, 1.82) is 0 Å². The first-order chi connectivity index (χ1) is 16.4. The third-order valence-electron chi connectivity index (χ3n) is 6.30. The van der Waals surface area contributed by atoms with Crippen molar-refractivity contribution < 1.29 is 28.6 Å². The maximum atomic E-state index is 13.0. The SMILES string of the molecule is COc1cc(N2CC(C(=O)Nc3ccc4c(c3)CCCN4C(C)=O)CC2=O)cc(OC)c1OC. The molecule has 2 aliphatic heterocycles. The number of nitrogens with one attached hydrogen (secondary N) is 1. The van der Waals surface area contributed by atoms with Crippen LogP contribution < -0.4 is 29.3 Å². The van der Waals surface area contributed by atoms with Gasteiger partial charge in [0.2, 0.25) is 23.5 Å². The van der Waals surface area contributed by atoms with Gasteiger partial charge in [-0.3, -0.25) is 14.4 Å². The van der Waals surface area contributed by atoms with Gasteiger partial charge in [-0.1, -0.05) is 0 Å². The number of hydrogen-bond acceptors (Lipinski definition) is 6. The van der Waals surface area contributed by atoms with Crippen LogP contribution in [0.15, 0.2) is 30.3 Å². The molecule has 0 bridgehead atoms.